The summed E-state index contributed by atoms with van der Waals surface area (Å²) in [6.45, 7) is 1.77. The van der Waals surface area contributed by atoms with Crippen LogP contribution in [-0.4, -0.2) is 24.3 Å². The maximum Gasteiger partial charge on any atom is 0.243 e. The number of aromatic nitrogens is 2. The first-order chi connectivity index (χ1) is 11.0. The Morgan fingerprint density at radius 2 is 1.91 bits per heavy atom. The van der Waals surface area contributed by atoms with Crippen LogP contribution < -0.4 is 9.46 Å². The molecule has 1 unspecified atom stereocenters. The van der Waals surface area contributed by atoms with Crippen LogP contribution in [0.1, 0.15) is 18.5 Å². The molecule has 23 heavy (non-hydrogen) atoms. The second-order valence-electron chi connectivity index (χ2n) is 4.97. The molecule has 0 bridgehead atoms. The molecule has 3 rings (SSSR count). The van der Waals surface area contributed by atoms with Crippen LogP contribution in [0.2, 0.25) is 0 Å². The standard InChI is InChI=1S/C15H15N3O3S2/c1-10(11-6-3-4-8-13(11)21-2)18-23(19,20)14-9-5-7-12-15(14)17-22-16-12/h3-10,18H,1-2H3. The molecule has 0 aliphatic carbocycles. The fourth-order valence-electron chi connectivity index (χ4n) is 2.38. The van der Waals surface area contributed by atoms with Gasteiger partial charge in [0, 0.05) is 11.6 Å². The molecule has 0 spiro atoms. The summed E-state index contributed by atoms with van der Waals surface area (Å²) in [5.41, 5.74) is 1.72. The van der Waals surface area contributed by atoms with E-state index in [0.29, 0.717) is 16.8 Å². The van der Waals surface area contributed by atoms with Crippen molar-refractivity contribution in [2.45, 2.75) is 17.9 Å². The first-order valence-electron chi connectivity index (χ1n) is 6.89. The lowest BCUT2D eigenvalue weighted by atomic mass is 10.1. The van der Waals surface area contributed by atoms with Gasteiger partial charge in [0.1, 0.15) is 21.7 Å². The zero-order valence-corrected chi connectivity index (χ0v) is 14.2. The third-order valence-electron chi connectivity index (χ3n) is 3.48. The van der Waals surface area contributed by atoms with Gasteiger partial charge in [-0.2, -0.15) is 8.75 Å². The van der Waals surface area contributed by atoms with E-state index in [9.17, 15) is 8.42 Å². The molecule has 120 valence electrons. The van der Waals surface area contributed by atoms with E-state index in [0.717, 1.165) is 17.3 Å². The Kier molecular flexibility index (Phi) is 4.29. The molecule has 2 aromatic carbocycles. The van der Waals surface area contributed by atoms with E-state index in [1.54, 1.807) is 32.2 Å². The molecule has 8 heteroatoms. The number of ether oxygens (including phenoxy) is 1. The molecular weight excluding hydrogens is 334 g/mol. The van der Waals surface area contributed by atoms with Gasteiger partial charge in [0.2, 0.25) is 10.0 Å². The molecule has 0 saturated carbocycles. The van der Waals surface area contributed by atoms with Gasteiger partial charge in [-0.05, 0) is 25.1 Å². The second kappa shape index (κ2) is 6.23. The summed E-state index contributed by atoms with van der Waals surface area (Å²) in [6, 6.07) is 11.8. The van der Waals surface area contributed by atoms with Gasteiger partial charge in [-0.25, -0.2) is 13.1 Å². The van der Waals surface area contributed by atoms with Gasteiger partial charge in [-0.15, -0.1) is 0 Å². The molecule has 0 fully saturated rings. The van der Waals surface area contributed by atoms with Crippen LogP contribution in [0, 0.1) is 0 Å². The van der Waals surface area contributed by atoms with Crippen molar-refractivity contribution in [3.05, 3.63) is 48.0 Å². The Balaban J connectivity index is 1.96. The predicted octanol–water partition coefficient (Wildman–Crippen LogP) is 2.74. The lowest BCUT2D eigenvalue weighted by Crippen LogP contribution is -2.27. The third kappa shape index (κ3) is 3.05. The topological polar surface area (TPSA) is 81.2 Å². The minimum atomic E-state index is -3.73. The highest BCUT2D eigenvalue weighted by Gasteiger charge is 2.23. The van der Waals surface area contributed by atoms with Crippen molar-refractivity contribution in [3.63, 3.8) is 0 Å². The van der Waals surface area contributed by atoms with Gasteiger partial charge in [0.05, 0.1) is 18.8 Å². The van der Waals surface area contributed by atoms with Crippen molar-refractivity contribution >= 4 is 32.8 Å². The molecule has 0 aliphatic heterocycles. The fourth-order valence-corrected chi connectivity index (χ4v) is 4.37. The first kappa shape index (κ1) is 15.9. The molecule has 0 radical (unpaired) electrons. The SMILES string of the molecule is COc1ccccc1C(C)NS(=O)(=O)c1cccc2nsnc12. The minimum absolute atomic E-state index is 0.130. The lowest BCUT2D eigenvalue weighted by Gasteiger charge is -2.17. The molecule has 0 amide bonds. The van der Waals surface area contributed by atoms with Crippen LogP contribution in [0.5, 0.6) is 5.75 Å². The summed E-state index contributed by atoms with van der Waals surface area (Å²) in [5, 5.41) is 0. The average Bonchev–Trinajstić information content (AvgIpc) is 3.02. The largest absolute Gasteiger partial charge is 0.496 e. The molecule has 1 aromatic heterocycles. The summed E-state index contributed by atoms with van der Waals surface area (Å²) < 4.78 is 41.5. The highest BCUT2D eigenvalue weighted by molar-refractivity contribution is 7.89. The van der Waals surface area contributed by atoms with Gasteiger partial charge in [-0.1, -0.05) is 24.3 Å². The smallest absolute Gasteiger partial charge is 0.243 e. The van der Waals surface area contributed by atoms with E-state index in [1.165, 1.54) is 6.07 Å². The number of rotatable bonds is 5. The van der Waals surface area contributed by atoms with Crippen LogP contribution in [-0.2, 0) is 10.0 Å². The van der Waals surface area contributed by atoms with E-state index < -0.39 is 16.1 Å². The molecule has 0 aliphatic rings. The van der Waals surface area contributed by atoms with Crippen molar-refractivity contribution in [1.82, 2.24) is 13.5 Å². The molecule has 0 saturated heterocycles. The number of nitrogens with one attached hydrogen (secondary N) is 1. The normalized spacial score (nSPS) is 13.1. The quantitative estimate of drug-likeness (QED) is 0.766. The molecule has 1 N–H and O–H groups in total. The molecular formula is C15H15N3O3S2. The third-order valence-corrected chi connectivity index (χ3v) is 5.59. The van der Waals surface area contributed by atoms with Crippen molar-refractivity contribution in [2.24, 2.45) is 0 Å². The van der Waals surface area contributed by atoms with Crippen LogP contribution >= 0.6 is 11.7 Å². The summed E-state index contributed by atoms with van der Waals surface area (Å²) in [6.07, 6.45) is 0. The van der Waals surface area contributed by atoms with Crippen LogP contribution in [0.3, 0.4) is 0 Å². The molecule has 3 aromatic rings. The highest BCUT2D eigenvalue weighted by atomic mass is 32.2. The number of methoxy groups -OCH3 is 1. The van der Waals surface area contributed by atoms with E-state index in [2.05, 4.69) is 13.5 Å². The number of hydrogen-bond donors (Lipinski definition) is 1. The van der Waals surface area contributed by atoms with Crippen molar-refractivity contribution in [1.29, 1.82) is 0 Å². The Morgan fingerprint density at radius 1 is 1.13 bits per heavy atom. The second-order valence-corrected chi connectivity index (χ2v) is 7.18. The summed E-state index contributed by atoms with van der Waals surface area (Å²) in [5.74, 6) is 0.635. The molecule has 1 atom stereocenters. The van der Waals surface area contributed by atoms with Crippen molar-refractivity contribution < 1.29 is 13.2 Å². The van der Waals surface area contributed by atoms with Gasteiger partial charge in [-0.3, -0.25) is 0 Å². The highest BCUT2D eigenvalue weighted by Crippen LogP contribution is 2.27. The monoisotopic (exact) mass is 349 g/mol. The predicted molar refractivity (Wildman–Crippen MR) is 89.1 cm³/mol. The maximum atomic E-state index is 12.7. The lowest BCUT2D eigenvalue weighted by molar-refractivity contribution is 0.405. The van der Waals surface area contributed by atoms with Gasteiger partial charge >= 0.3 is 0 Å². The van der Waals surface area contributed by atoms with Gasteiger partial charge in [0.15, 0.2) is 0 Å². The van der Waals surface area contributed by atoms with Crippen molar-refractivity contribution in [2.75, 3.05) is 7.11 Å². The number of fused-ring (bicyclic) bond motifs is 1. The fraction of sp³-hybridized carbons (Fsp3) is 0.200. The Bertz CT molecular complexity index is 938. The van der Waals surface area contributed by atoms with Crippen LogP contribution in [0.4, 0.5) is 0 Å². The van der Waals surface area contributed by atoms with Crippen LogP contribution in [0.25, 0.3) is 11.0 Å². The van der Waals surface area contributed by atoms with E-state index >= 15 is 0 Å². The first-order valence-corrected chi connectivity index (χ1v) is 9.11. The molecule has 1 heterocycles. The van der Waals surface area contributed by atoms with Gasteiger partial charge < -0.3 is 4.74 Å². The average molecular weight is 349 g/mol. The number of para-hydroxylation sites is 1. The zero-order valence-electron chi connectivity index (χ0n) is 12.6. The van der Waals surface area contributed by atoms with E-state index in [-0.39, 0.29) is 4.90 Å². The Hall–Kier alpha value is -2.03. The van der Waals surface area contributed by atoms with E-state index in [4.69, 9.17) is 4.74 Å². The number of hydrogen-bond acceptors (Lipinski definition) is 6. The zero-order chi connectivity index (χ0) is 16.4. The van der Waals surface area contributed by atoms with Crippen LogP contribution in [0.15, 0.2) is 47.4 Å². The minimum Gasteiger partial charge on any atom is -0.496 e. The van der Waals surface area contributed by atoms with Gasteiger partial charge in [0.25, 0.3) is 0 Å². The number of benzene rings is 2. The molecule has 6 nitrogen and oxygen atoms in total. The number of nitrogens with zero attached hydrogens (tertiary/aromatic N) is 2. The van der Waals surface area contributed by atoms with E-state index in [1.807, 2.05) is 18.2 Å². The number of sulfonamides is 1. The maximum absolute atomic E-state index is 12.7. The summed E-state index contributed by atoms with van der Waals surface area (Å²) in [4.78, 5) is 0.130. The summed E-state index contributed by atoms with van der Waals surface area (Å²) >= 11 is 0.992. The Labute approximate surface area is 138 Å². The van der Waals surface area contributed by atoms with Crippen molar-refractivity contribution in [3.8, 4) is 5.75 Å². The Morgan fingerprint density at radius 3 is 2.70 bits per heavy atom. The summed E-state index contributed by atoms with van der Waals surface area (Å²) in [7, 11) is -2.17.